The summed E-state index contributed by atoms with van der Waals surface area (Å²) < 4.78 is 0. The van der Waals surface area contributed by atoms with E-state index in [0.29, 0.717) is 0 Å². The highest BCUT2D eigenvalue weighted by Gasteiger charge is 2.16. The number of nitrogens with one attached hydrogen (secondary N) is 1. The van der Waals surface area contributed by atoms with Crippen LogP contribution in [0.1, 0.15) is 20.8 Å². The van der Waals surface area contributed by atoms with Crippen LogP contribution < -0.4 is 5.32 Å². The van der Waals surface area contributed by atoms with Crippen LogP contribution in [-0.4, -0.2) is 27.0 Å². The lowest BCUT2D eigenvalue weighted by atomic mass is 10.2. The summed E-state index contributed by atoms with van der Waals surface area (Å²) in [5.41, 5.74) is -0.119. The molecule has 20 heavy (non-hydrogen) atoms. The van der Waals surface area contributed by atoms with Crippen molar-refractivity contribution >= 4 is 40.8 Å². The summed E-state index contributed by atoms with van der Waals surface area (Å²) in [5.74, 6) is -1.85. The van der Waals surface area contributed by atoms with Gasteiger partial charge < -0.3 is 10.4 Å². The fourth-order valence-electron chi connectivity index (χ4n) is 1.45. The van der Waals surface area contributed by atoms with Crippen molar-refractivity contribution in [2.75, 3.05) is 5.32 Å². The van der Waals surface area contributed by atoms with Gasteiger partial charge in [0.15, 0.2) is 5.69 Å². The molecule has 0 aromatic carbocycles. The van der Waals surface area contributed by atoms with Gasteiger partial charge in [0.2, 0.25) is 0 Å². The molecule has 0 saturated heterocycles. The van der Waals surface area contributed by atoms with Gasteiger partial charge in [0.25, 0.3) is 5.91 Å². The fourth-order valence-corrected chi connectivity index (χ4v) is 1.88. The number of carbonyl (C=O) groups is 2. The number of aromatic nitrogens is 2. The summed E-state index contributed by atoms with van der Waals surface area (Å²) >= 11 is 11.4. The maximum atomic E-state index is 12.0. The minimum Gasteiger partial charge on any atom is -0.476 e. The molecule has 2 aromatic heterocycles. The largest absolute Gasteiger partial charge is 0.476 e. The number of carbonyl (C=O) groups excluding carboxylic acids is 1. The second-order valence-corrected chi connectivity index (χ2v) is 4.38. The minimum absolute atomic E-state index is 0.0658. The highest BCUT2D eigenvalue weighted by molar-refractivity contribution is 6.35. The maximum Gasteiger partial charge on any atom is 0.356 e. The number of halogens is 2. The van der Waals surface area contributed by atoms with Gasteiger partial charge in [-0.15, -0.1) is 0 Å². The average Bonchev–Trinajstić information content (AvgIpc) is 2.38. The number of hydrogen-bond donors (Lipinski definition) is 2. The van der Waals surface area contributed by atoms with Crippen LogP contribution in [0.15, 0.2) is 30.5 Å². The molecule has 2 rings (SSSR count). The molecular formula is C12H7Cl2N3O3. The number of nitrogens with zero attached hydrogens (tertiary/aromatic N) is 2. The van der Waals surface area contributed by atoms with Gasteiger partial charge in [-0.05, 0) is 24.3 Å². The van der Waals surface area contributed by atoms with E-state index in [1.165, 1.54) is 30.5 Å². The molecule has 1 amide bonds. The standard InChI is InChI=1S/C12H7Cl2N3O3/c13-8-4-3-6(10(14)17-8)11(18)16-7-2-1-5-15-9(7)12(19)20/h1-5H,(H,16,18)(H,19,20). The van der Waals surface area contributed by atoms with Gasteiger partial charge in [0.1, 0.15) is 10.3 Å². The van der Waals surface area contributed by atoms with Crippen molar-refractivity contribution in [3.05, 3.63) is 52.0 Å². The molecule has 2 aromatic rings. The minimum atomic E-state index is -1.25. The molecule has 2 heterocycles. The van der Waals surface area contributed by atoms with Crippen LogP contribution in [0.2, 0.25) is 10.3 Å². The van der Waals surface area contributed by atoms with Gasteiger partial charge in [-0.1, -0.05) is 23.2 Å². The van der Waals surface area contributed by atoms with Crippen molar-refractivity contribution in [1.82, 2.24) is 9.97 Å². The first kappa shape index (κ1) is 14.2. The zero-order valence-corrected chi connectivity index (χ0v) is 11.3. The fraction of sp³-hybridized carbons (Fsp3) is 0. The van der Waals surface area contributed by atoms with Crippen molar-refractivity contribution in [3.63, 3.8) is 0 Å². The summed E-state index contributed by atoms with van der Waals surface area (Å²) in [5, 5.41) is 11.5. The quantitative estimate of drug-likeness (QED) is 0.850. The van der Waals surface area contributed by atoms with Crippen LogP contribution in [0, 0.1) is 0 Å². The molecule has 0 aliphatic heterocycles. The summed E-state index contributed by atoms with van der Waals surface area (Å²) in [7, 11) is 0. The summed E-state index contributed by atoms with van der Waals surface area (Å²) in [6.07, 6.45) is 1.32. The Labute approximate surface area is 123 Å². The van der Waals surface area contributed by atoms with Crippen LogP contribution in [0.4, 0.5) is 5.69 Å². The van der Waals surface area contributed by atoms with E-state index in [9.17, 15) is 9.59 Å². The molecule has 0 aliphatic carbocycles. The lowest BCUT2D eigenvalue weighted by molar-refractivity contribution is 0.0692. The lowest BCUT2D eigenvalue weighted by Gasteiger charge is -2.08. The zero-order valence-electron chi connectivity index (χ0n) is 9.80. The number of carboxylic acid groups (broad SMARTS) is 1. The smallest absolute Gasteiger partial charge is 0.356 e. The Hall–Kier alpha value is -2.18. The van der Waals surface area contributed by atoms with Crippen LogP contribution in [0.5, 0.6) is 0 Å². The van der Waals surface area contributed by atoms with Crippen molar-refractivity contribution in [2.24, 2.45) is 0 Å². The first-order valence-corrected chi connectivity index (χ1v) is 6.06. The second-order valence-electron chi connectivity index (χ2n) is 3.63. The number of rotatable bonds is 3. The summed E-state index contributed by atoms with van der Waals surface area (Å²) in [6.45, 7) is 0. The Bertz CT molecular complexity index is 691. The van der Waals surface area contributed by atoms with Crippen LogP contribution in [0.25, 0.3) is 0 Å². The van der Waals surface area contributed by atoms with E-state index in [2.05, 4.69) is 15.3 Å². The van der Waals surface area contributed by atoms with Gasteiger partial charge in [0, 0.05) is 6.20 Å². The Morgan fingerprint density at radius 2 is 1.95 bits per heavy atom. The third-order valence-corrected chi connectivity index (χ3v) is 2.82. The number of hydrogen-bond acceptors (Lipinski definition) is 4. The van der Waals surface area contributed by atoms with Crippen molar-refractivity contribution < 1.29 is 14.7 Å². The molecule has 2 N–H and O–H groups in total. The molecular weight excluding hydrogens is 305 g/mol. The number of amides is 1. The van der Waals surface area contributed by atoms with Crippen LogP contribution >= 0.6 is 23.2 Å². The van der Waals surface area contributed by atoms with E-state index in [4.69, 9.17) is 28.3 Å². The third kappa shape index (κ3) is 3.04. The van der Waals surface area contributed by atoms with E-state index in [0.717, 1.165) is 0 Å². The van der Waals surface area contributed by atoms with Gasteiger partial charge in [-0.3, -0.25) is 4.79 Å². The van der Waals surface area contributed by atoms with Gasteiger partial charge in [-0.2, -0.15) is 0 Å². The zero-order chi connectivity index (χ0) is 14.7. The number of pyridine rings is 2. The van der Waals surface area contributed by atoms with E-state index < -0.39 is 11.9 Å². The van der Waals surface area contributed by atoms with E-state index >= 15 is 0 Å². The first-order valence-electron chi connectivity index (χ1n) is 5.30. The van der Waals surface area contributed by atoms with E-state index in [1.807, 2.05) is 0 Å². The van der Waals surface area contributed by atoms with Gasteiger partial charge >= 0.3 is 5.97 Å². The van der Waals surface area contributed by atoms with Crippen molar-refractivity contribution in [2.45, 2.75) is 0 Å². The van der Waals surface area contributed by atoms with Crippen LogP contribution in [0.3, 0.4) is 0 Å². The molecule has 0 fully saturated rings. The van der Waals surface area contributed by atoms with Gasteiger partial charge in [-0.25, -0.2) is 14.8 Å². The third-order valence-electron chi connectivity index (χ3n) is 2.32. The Balaban J connectivity index is 2.30. The molecule has 0 unspecified atom stereocenters. The molecule has 6 nitrogen and oxygen atoms in total. The second kappa shape index (κ2) is 5.85. The van der Waals surface area contributed by atoms with Crippen molar-refractivity contribution in [1.29, 1.82) is 0 Å². The number of anilines is 1. The summed E-state index contributed by atoms with van der Waals surface area (Å²) in [6, 6.07) is 5.73. The van der Waals surface area contributed by atoms with E-state index in [1.54, 1.807) is 0 Å². The Kier molecular flexibility index (Phi) is 4.16. The molecule has 0 radical (unpaired) electrons. The summed E-state index contributed by atoms with van der Waals surface area (Å²) in [4.78, 5) is 30.4. The van der Waals surface area contributed by atoms with Gasteiger partial charge in [0.05, 0.1) is 11.3 Å². The SMILES string of the molecule is O=C(Nc1cccnc1C(=O)O)c1ccc(Cl)nc1Cl. The van der Waals surface area contributed by atoms with Crippen LogP contribution in [-0.2, 0) is 0 Å². The number of carboxylic acids is 1. The Morgan fingerprint density at radius 3 is 2.60 bits per heavy atom. The molecule has 8 heteroatoms. The normalized spacial score (nSPS) is 10.1. The Morgan fingerprint density at radius 1 is 1.20 bits per heavy atom. The molecule has 0 atom stereocenters. The predicted molar refractivity (Wildman–Crippen MR) is 73.4 cm³/mol. The molecule has 0 bridgehead atoms. The first-order chi connectivity index (χ1) is 9.49. The lowest BCUT2D eigenvalue weighted by Crippen LogP contribution is -2.16. The highest BCUT2D eigenvalue weighted by Crippen LogP contribution is 2.19. The maximum absolute atomic E-state index is 12.0. The molecule has 102 valence electrons. The molecule has 0 saturated carbocycles. The highest BCUT2D eigenvalue weighted by atomic mass is 35.5. The average molecular weight is 312 g/mol. The topological polar surface area (TPSA) is 92.2 Å². The monoisotopic (exact) mass is 311 g/mol. The number of aromatic carboxylic acids is 1. The molecule has 0 aliphatic rings. The van der Waals surface area contributed by atoms with Crippen molar-refractivity contribution in [3.8, 4) is 0 Å². The predicted octanol–water partition coefficient (Wildman–Crippen LogP) is 2.73. The molecule has 0 spiro atoms. The van der Waals surface area contributed by atoms with E-state index in [-0.39, 0.29) is 27.3 Å².